The van der Waals surface area contributed by atoms with Gasteiger partial charge in [0.05, 0.1) is 0 Å². The maximum atomic E-state index is 12.2. The van der Waals surface area contributed by atoms with Crippen LogP contribution in [0.4, 0.5) is 18.0 Å². The van der Waals surface area contributed by atoms with Gasteiger partial charge >= 0.3 is 12.3 Å². The monoisotopic (exact) mass is 214 g/mol. The summed E-state index contributed by atoms with van der Waals surface area (Å²) in [7, 11) is -0.637. The van der Waals surface area contributed by atoms with Crippen LogP contribution in [0.15, 0.2) is 11.1 Å². The molecule has 13 heavy (non-hydrogen) atoms. The lowest BCUT2D eigenvalue weighted by molar-refractivity contribution is -0.106. The molecule has 0 aromatic heterocycles. The fourth-order valence-electron chi connectivity index (χ4n) is 0.943. The third-order valence-corrected chi connectivity index (χ3v) is 2.75. The molecule has 1 N–H and O–H groups in total. The minimum Gasteiger partial charge on any atom is -0.465 e. The van der Waals surface area contributed by atoms with Crippen molar-refractivity contribution in [1.29, 1.82) is 0 Å². The summed E-state index contributed by atoms with van der Waals surface area (Å²) in [4.78, 5) is 10.7. The van der Waals surface area contributed by atoms with E-state index in [-0.39, 0.29) is 5.88 Å². The number of hydrogen-bond acceptors (Lipinski definition) is 1. The molecule has 0 bridgehead atoms. The molecular weight excluding hydrogens is 207 g/mol. The highest BCUT2D eigenvalue weighted by Gasteiger charge is 2.48. The van der Waals surface area contributed by atoms with Crippen LogP contribution in [-0.4, -0.2) is 34.4 Å². The summed E-state index contributed by atoms with van der Waals surface area (Å²) < 4.78 is 36.5. The van der Waals surface area contributed by atoms with Gasteiger partial charge in [0.1, 0.15) is 11.7 Å². The molecule has 1 rings (SSSR count). The fourth-order valence-corrected chi connectivity index (χ4v) is 2.32. The molecule has 0 aromatic carbocycles. The molecule has 0 saturated heterocycles. The van der Waals surface area contributed by atoms with Crippen molar-refractivity contribution in [1.82, 2.24) is 4.90 Å². The molecule has 1 atom stereocenters. The number of allylic oxidation sites excluding steroid dienone is 1. The Morgan fingerprint density at radius 3 is 2.54 bits per heavy atom. The number of nitrogens with zero attached hydrogens (tertiary/aromatic N) is 1. The number of alkyl halides is 3. The molecule has 0 aliphatic carbocycles. The average molecular weight is 214 g/mol. The number of amides is 1. The van der Waals surface area contributed by atoms with Crippen LogP contribution in [-0.2, 0) is 10.9 Å². The van der Waals surface area contributed by atoms with E-state index in [2.05, 4.69) is 0 Å². The van der Waals surface area contributed by atoms with Crippen LogP contribution in [0.1, 0.15) is 0 Å². The van der Waals surface area contributed by atoms with E-state index < -0.39 is 28.9 Å². The Hall–Kier alpha value is -0.850. The summed E-state index contributed by atoms with van der Waals surface area (Å²) in [6.07, 6.45) is -4.56. The van der Waals surface area contributed by atoms with Gasteiger partial charge in [0.15, 0.2) is 11.6 Å². The number of carbonyl (C=O) groups is 1. The predicted octanol–water partition coefficient (Wildman–Crippen LogP) is 1.59. The van der Waals surface area contributed by atoms with Crippen molar-refractivity contribution in [2.24, 2.45) is 0 Å². The van der Waals surface area contributed by atoms with E-state index in [1.165, 1.54) is 0 Å². The van der Waals surface area contributed by atoms with Gasteiger partial charge in [0.25, 0.3) is 0 Å². The number of carboxylic acid groups (broad SMARTS) is 1. The summed E-state index contributed by atoms with van der Waals surface area (Å²) in [5.41, 5.74) is -1.06. The van der Waals surface area contributed by atoms with Crippen molar-refractivity contribution < 1.29 is 23.1 Å². The first-order valence-corrected chi connectivity index (χ1v) is 5.09. The van der Waals surface area contributed by atoms with Crippen molar-refractivity contribution >= 4 is 17.0 Å². The predicted molar refractivity (Wildman–Crippen MR) is 42.2 cm³/mol. The van der Waals surface area contributed by atoms with Gasteiger partial charge in [-0.3, -0.25) is 0 Å². The van der Waals surface area contributed by atoms with Crippen molar-refractivity contribution in [2.75, 3.05) is 12.1 Å². The van der Waals surface area contributed by atoms with Gasteiger partial charge in [-0.05, 0) is 0 Å². The second-order valence-corrected chi connectivity index (χ2v) is 4.41. The van der Waals surface area contributed by atoms with Gasteiger partial charge in [0.2, 0.25) is 0 Å². The maximum absolute atomic E-state index is 12.2. The van der Waals surface area contributed by atoms with E-state index in [4.69, 9.17) is 5.11 Å². The van der Waals surface area contributed by atoms with E-state index >= 15 is 0 Å². The molecule has 1 unspecified atom stereocenters. The number of halogens is 3. The Labute approximate surface area is 75.2 Å². The zero-order valence-corrected chi connectivity index (χ0v) is 7.45. The summed E-state index contributed by atoms with van der Waals surface area (Å²) in [6, 6.07) is 0. The Morgan fingerprint density at radius 2 is 2.23 bits per heavy atom. The summed E-state index contributed by atoms with van der Waals surface area (Å²) in [5.74, 6) is -0.0931. The van der Waals surface area contributed by atoms with E-state index in [1.54, 1.807) is 6.26 Å². The Kier molecular flexibility index (Phi) is 2.47. The van der Waals surface area contributed by atoms with Crippen molar-refractivity contribution in [2.45, 2.75) is 6.18 Å². The summed E-state index contributed by atoms with van der Waals surface area (Å²) in [5, 5.41) is 9.41. The normalized spacial score (nSPS) is 23.2. The third kappa shape index (κ3) is 2.09. The first kappa shape index (κ1) is 10.2. The molecule has 7 heteroatoms. The second kappa shape index (κ2) is 3.13. The molecule has 1 aliphatic heterocycles. The average Bonchev–Trinajstić information content (AvgIpc) is 2.29. The Balaban J connectivity index is 2.93. The molecule has 0 aromatic rings. The van der Waals surface area contributed by atoms with E-state index in [0.717, 1.165) is 5.41 Å². The lowest BCUT2D eigenvalue weighted by Gasteiger charge is -2.14. The molecule has 74 valence electrons. The van der Waals surface area contributed by atoms with Crippen LogP contribution < -0.4 is 0 Å². The topological polar surface area (TPSA) is 40.5 Å². The van der Waals surface area contributed by atoms with Crippen LogP contribution in [0.5, 0.6) is 0 Å². The van der Waals surface area contributed by atoms with Crippen LogP contribution in [0.25, 0.3) is 0 Å². The highest BCUT2D eigenvalue weighted by Crippen LogP contribution is 2.33. The van der Waals surface area contributed by atoms with Gasteiger partial charge < -0.3 is 5.11 Å². The van der Waals surface area contributed by atoms with Crippen LogP contribution >= 0.6 is 0 Å². The second-order valence-electron chi connectivity index (χ2n) is 2.53. The summed E-state index contributed by atoms with van der Waals surface area (Å²) in [6.45, 7) is 0. The largest absolute Gasteiger partial charge is 0.465 e. The fraction of sp³-hybridized carbons (Fsp3) is 0.500. The van der Waals surface area contributed by atoms with Gasteiger partial charge in [-0.2, -0.15) is 13.2 Å². The molecule has 0 fully saturated rings. The molecule has 1 amide bonds. The van der Waals surface area contributed by atoms with Gasteiger partial charge in [-0.15, -0.1) is 0 Å². The first-order chi connectivity index (χ1) is 5.82. The minimum atomic E-state index is -4.57. The quantitative estimate of drug-likeness (QED) is 0.622. The minimum absolute atomic E-state index is 0.0931. The van der Waals surface area contributed by atoms with Gasteiger partial charge in [0, 0.05) is 10.9 Å². The van der Waals surface area contributed by atoms with Crippen molar-refractivity contribution in [3.8, 4) is 0 Å². The smallest absolute Gasteiger partial charge is 0.436 e. The van der Waals surface area contributed by atoms with E-state index in [0.29, 0.717) is 4.90 Å². The molecule has 0 radical (unpaired) electrons. The number of hydrogen-bond donors (Lipinski definition) is 1. The first-order valence-electron chi connectivity index (χ1n) is 3.23. The van der Waals surface area contributed by atoms with Crippen LogP contribution in [0, 0.1) is 0 Å². The zero-order chi connectivity index (χ0) is 10.2. The van der Waals surface area contributed by atoms with E-state index in [1.807, 2.05) is 0 Å². The lowest BCUT2D eigenvalue weighted by atomic mass is 10.4. The molecule has 0 saturated carbocycles. The Bertz CT molecular complexity index is 263. The zero-order valence-electron chi connectivity index (χ0n) is 6.63. The highest BCUT2D eigenvalue weighted by molar-refractivity contribution is 7.99. The molecule has 1 aliphatic rings. The third-order valence-electron chi connectivity index (χ3n) is 1.46. The molecule has 3 nitrogen and oxygen atoms in total. The molecular formula is C6H7F3NO2S+. The Morgan fingerprint density at radius 1 is 1.69 bits per heavy atom. The van der Waals surface area contributed by atoms with Crippen molar-refractivity contribution in [3.05, 3.63) is 11.1 Å². The van der Waals surface area contributed by atoms with E-state index in [9.17, 15) is 18.0 Å². The summed E-state index contributed by atoms with van der Waals surface area (Å²) >= 11 is 0. The van der Waals surface area contributed by atoms with Gasteiger partial charge in [-0.1, -0.05) is 0 Å². The standard InChI is InChI=1S/C6H6F3NO2S/c1-13-2-4(6(7,8)9)10(3-13)5(11)12/h2H,3H2,1H3/p+1. The van der Waals surface area contributed by atoms with Crippen LogP contribution in [0.2, 0.25) is 0 Å². The van der Waals surface area contributed by atoms with Crippen molar-refractivity contribution in [3.63, 3.8) is 0 Å². The van der Waals surface area contributed by atoms with Crippen LogP contribution in [0.3, 0.4) is 0 Å². The maximum Gasteiger partial charge on any atom is 0.436 e. The lowest BCUT2D eigenvalue weighted by Crippen LogP contribution is -2.33. The number of rotatable bonds is 0. The molecule has 1 heterocycles. The highest BCUT2D eigenvalue weighted by atomic mass is 32.2. The van der Waals surface area contributed by atoms with Gasteiger partial charge in [-0.25, -0.2) is 9.69 Å². The molecule has 0 spiro atoms. The SMILES string of the molecule is C[S+]1C=C(C(F)(F)F)N(C(=O)O)C1.